The van der Waals surface area contributed by atoms with Crippen molar-refractivity contribution in [2.45, 2.75) is 91.9 Å². The van der Waals surface area contributed by atoms with Crippen LogP contribution in [0, 0.1) is 46.3 Å². The Labute approximate surface area is 160 Å². The van der Waals surface area contributed by atoms with Crippen molar-refractivity contribution < 1.29 is 4.79 Å². The summed E-state index contributed by atoms with van der Waals surface area (Å²) in [5.41, 5.74) is 4.43. The number of fused-ring (bicyclic) bond motifs is 5. The first kappa shape index (κ1) is 17.5. The van der Waals surface area contributed by atoms with E-state index in [0.717, 1.165) is 36.0 Å². The van der Waals surface area contributed by atoms with Crippen LogP contribution in [-0.2, 0) is 4.79 Å². The summed E-state index contributed by atoms with van der Waals surface area (Å²) in [6, 6.07) is 0. The number of Topliss-reactive ketones (excluding diaryl/α,β-unsaturated/α-hetero) is 1. The Kier molecular flexibility index (Phi) is 3.84. The van der Waals surface area contributed by atoms with Gasteiger partial charge in [-0.3, -0.25) is 4.79 Å². The third kappa shape index (κ3) is 2.31. The first-order chi connectivity index (χ1) is 12.3. The number of ketones is 1. The summed E-state index contributed by atoms with van der Waals surface area (Å²) in [6.07, 6.45) is 13.9. The largest absolute Gasteiger partial charge is 0.300 e. The van der Waals surface area contributed by atoms with Crippen molar-refractivity contribution in [3.05, 3.63) is 11.1 Å². The van der Waals surface area contributed by atoms with Crippen LogP contribution in [0.2, 0.25) is 0 Å². The average Bonchev–Trinajstić information content (AvgIpc) is 3.36. The molecule has 5 aliphatic rings. The molecule has 0 heterocycles. The van der Waals surface area contributed by atoms with Crippen molar-refractivity contribution in [1.82, 2.24) is 0 Å². The van der Waals surface area contributed by atoms with Gasteiger partial charge in [-0.25, -0.2) is 0 Å². The summed E-state index contributed by atoms with van der Waals surface area (Å²) in [4.78, 5) is 12.3. The maximum absolute atomic E-state index is 12.3. The SMILES string of the molecule is CC(=O)C1CCC2C3CC(C)=C4CC(C5CC5)CCC4(C)C3CCC12C. The van der Waals surface area contributed by atoms with E-state index in [4.69, 9.17) is 0 Å². The van der Waals surface area contributed by atoms with E-state index in [1.54, 1.807) is 5.57 Å². The molecule has 144 valence electrons. The Hall–Kier alpha value is -0.590. The highest BCUT2D eigenvalue weighted by Crippen LogP contribution is 2.68. The Balaban J connectivity index is 1.47. The van der Waals surface area contributed by atoms with Gasteiger partial charge in [-0.1, -0.05) is 25.0 Å². The smallest absolute Gasteiger partial charge is 0.133 e. The van der Waals surface area contributed by atoms with Crippen LogP contribution in [0.5, 0.6) is 0 Å². The summed E-state index contributed by atoms with van der Waals surface area (Å²) in [5.74, 6) is 5.43. The van der Waals surface area contributed by atoms with Gasteiger partial charge in [0.2, 0.25) is 0 Å². The van der Waals surface area contributed by atoms with Crippen LogP contribution in [0.1, 0.15) is 91.9 Å². The standard InChI is InChI=1S/C25H38O/c1-15-13-19-21-8-7-20(16(2)26)24(21,3)12-10-22(19)25(4)11-9-18(14-23(15)25)17-5-6-17/h17-22H,5-14H2,1-4H3. The van der Waals surface area contributed by atoms with Crippen molar-refractivity contribution >= 4 is 5.78 Å². The van der Waals surface area contributed by atoms with Gasteiger partial charge in [0.1, 0.15) is 5.78 Å². The summed E-state index contributed by atoms with van der Waals surface area (Å²) in [6.45, 7) is 9.46. The van der Waals surface area contributed by atoms with Gasteiger partial charge in [0, 0.05) is 5.92 Å². The highest BCUT2D eigenvalue weighted by atomic mass is 16.1. The molecule has 0 spiro atoms. The zero-order chi connectivity index (χ0) is 18.3. The minimum atomic E-state index is 0.298. The Morgan fingerprint density at radius 1 is 0.885 bits per heavy atom. The number of carbonyl (C=O) groups excluding carboxylic acids is 1. The molecule has 0 N–H and O–H groups in total. The molecule has 0 aliphatic heterocycles. The van der Waals surface area contributed by atoms with Gasteiger partial charge in [0.15, 0.2) is 0 Å². The monoisotopic (exact) mass is 354 g/mol. The van der Waals surface area contributed by atoms with Crippen molar-refractivity contribution in [1.29, 1.82) is 0 Å². The lowest BCUT2D eigenvalue weighted by atomic mass is 9.45. The van der Waals surface area contributed by atoms with E-state index in [0.29, 0.717) is 22.5 Å². The molecule has 4 fully saturated rings. The maximum atomic E-state index is 12.3. The predicted molar refractivity (Wildman–Crippen MR) is 107 cm³/mol. The topological polar surface area (TPSA) is 17.1 Å². The van der Waals surface area contributed by atoms with E-state index in [2.05, 4.69) is 20.8 Å². The van der Waals surface area contributed by atoms with E-state index in [-0.39, 0.29) is 0 Å². The fourth-order valence-corrected chi connectivity index (χ4v) is 8.78. The second-order valence-corrected chi connectivity index (χ2v) is 11.4. The molecule has 0 aromatic heterocycles. The van der Waals surface area contributed by atoms with Gasteiger partial charge in [-0.05, 0) is 118 Å². The molecular formula is C25H38O. The van der Waals surface area contributed by atoms with Crippen LogP contribution in [0.25, 0.3) is 0 Å². The molecule has 5 aliphatic carbocycles. The van der Waals surface area contributed by atoms with Crippen molar-refractivity contribution in [2.75, 3.05) is 0 Å². The van der Waals surface area contributed by atoms with E-state index in [9.17, 15) is 4.79 Å². The molecule has 0 saturated heterocycles. The Morgan fingerprint density at radius 2 is 1.65 bits per heavy atom. The molecule has 0 amide bonds. The van der Waals surface area contributed by atoms with Crippen LogP contribution >= 0.6 is 0 Å². The first-order valence-electron chi connectivity index (χ1n) is 11.5. The minimum absolute atomic E-state index is 0.298. The molecule has 26 heavy (non-hydrogen) atoms. The molecule has 7 unspecified atom stereocenters. The van der Waals surface area contributed by atoms with Crippen LogP contribution in [0.3, 0.4) is 0 Å². The van der Waals surface area contributed by atoms with E-state index in [1.807, 2.05) is 12.5 Å². The van der Waals surface area contributed by atoms with Gasteiger partial charge in [0.05, 0.1) is 0 Å². The molecule has 7 atom stereocenters. The minimum Gasteiger partial charge on any atom is -0.300 e. The number of hydrogen-bond donors (Lipinski definition) is 0. The second kappa shape index (κ2) is 5.71. The summed E-state index contributed by atoms with van der Waals surface area (Å²) in [5, 5.41) is 0. The third-order valence-electron chi connectivity index (χ3n) is 10.3. The highest BCUT2D eigenvalue weighted by Gasteiger charge is 2.60. The molecule has 4 saturated carbocycles. The fraction of sp³-hybridized carbons (Fsp3) is 0.880. The summed E-state index contributed by atoms with van der Waals surface area (Å²) >= 11 is 0. The van der Waals surface area contributed by atoms with Gasteiger partial charge in [-0.15, -0.1) is 0 Å². The van der Waals surface area contributed by atoms with E-state index < -0.39 is 0 Å². The van der Waals surface area contributed by atoms with Crippen LogP contribution in [0.15, 0.2) is 11.1 Å². The number of allylic oxidation sites excluding steroid dienone is 2. The maximum Gasteiger partial charge on any atom is 0.133 e. The number of rotatable bonds is 2. The van der Waals surface area contributed by atoms with Crippen molar-refractivity contribution in [3.63, 3.8) is 0 Å². The lowest BCUT2D eigenvalue weighted by Gasteiger charge is -2.59. The molecule has 0 aromatic rings. The normalized spacial score (nSPS) is 50.8. The molecule has 1 nitrogen and oxygen atoms in total. The van der Waals surface area contributed by atoms with Gasteiger partial charge < -0.3 is 0 Å². The molecule has 5 rings (SSSR count). The lowest BCUT2D eigenvalue weighted by Crippen LogP contribution is -2.51. The zero-order valence-electron chi connectivity index (χ0n) is 17.4. The van der Waals surface area contributed by atoms with Crippen molar-refractivity contribution in [3.8, 4) is 0 Å². The summed E-state index contributed by atoms with van der Waals surface area (Å²) in [7, 11) is 0. The molecule has 0 bridgehead atoms. The van der Waals surface area contributed by atoms with Gasteiger partial charge in [-0.2, -0.15) is 0 Å². The molecule has 1 heteroatoms. The fourth-order valence-electron chi connectivity index (χ4n) is 8.78. The van der Waals surface area contributed by atoms with Crippen LogP contribution in [-0.4, -0.2) is 5.78 Å². The van der Waals surface area contributed by atoms with Crippen LogP contribution < -0.4 is 0 Å². The Bertz CT molecular complexity index is 655. The number of carbonyl (C=O) groups is 1. The Morgan fingerprint density at radius 3 is 2.35 bits per heavy atom. The average molecular weight is 355 g/mol. The number of hydrogen-bond acceptors (Lipinski definition) is 1. The zero-order valence-corrected chi connectivity index (χ0v) is 17.4. The quantitative estimate of drug-likeness (QED) is 0.512. The lowest BCUT2D eigenvalue weighted by molar-refractivity contribution is -0.127. The van der Waals surface area contributed by atoms with Crippen LogP contribution in [0.4, 0.5) is 0 Å². The van der Waals surface area contributed by atoms with E-state index in [1.165, 1.54) is 57.8 Å². The van der Waals surface area contributed by atoms with Gasteiger partial charge in [0.25, 0.3) is 0 Å². The second-order valence-electron chi connectivity index (χ2n) is 11.4. The highest BCUT2D eigenvalue weighted by molar-refractivity contribution is 5.79. The molecular weight excluding hydrogens is 316 g/mol. The third-order valence-corrected chi connectivity index (χ3v) is 10.3. The summed E-state index contributed by atoms with van der Waals surface area (Å²) < 4.78 is 0. The molecule has 0 radical (unpaired) electrons. The van der Waals surface area contributed by atoms with E-state index >= 15 is 0 Å². The van der Waals surface area contributed by atoms with Gasteiger partial charge >= 0.3 is 0 Å². The predicted octanol–water partition coefficient (Wildman–Crippen LogP) is 6.57. The first-order valence-corrected chi connectivity index (χ1v) is 11.5. The van der Waals surface area contributed by atoms with Crippen molar-refractivity contribution in [2.24, 2.45) is 46.3 Å². The molecule has 0 aromatic carbocycles.